The highest BCUT2D eigenvalue weighted by Gasteiger charge is 2.25. The number of hydrogen-bond acceptors (Lipinski definition) is 2. The smallest absolute Gasteiger partial charge is 0.279 e. The summed E-state index contributed by atoms with van der Waals surface area (Å²) < 4.78 is 0. The van der Waals surface area contributed by atoms with E-state index in [0.717, 1.165) is 18.7 Å². The van der Waals surface area contributed by atoms with Crippen LogP contribution in [0.5, 0.6) is 0 Å². The highest BCUT2D eigenvalue weighted by Crippen LogP contribution is 2.19. The lowest BCUT2D eigenvalue weighted by Crippen LogP contribution is -3.15. The van der Waals surface area contributed by atoms with E-state index in [-0.39, 0.29) is 11.8 Å². The molecule has 1 heterocycles. The monoisotopic (exact) mass is 400 g/mol. The summed E-state index contributed by atoms with van der Waals surface area (Å²) in [5, 5.41) is 3.40. The van der Waals surface area contributed by atoms with Gasteiger partial charge in [-0.1, -0.05) is 41.9 Å². The van der Waals surface area contributed by atoms with Gasteiger partial charge in [0.15, 0.2) is 6.54 Å². The topological polar surface area (TPSA) is 53.9 Å². The summed E-state index contributed by atoms with van der Waals surface area (Å²) in [6, 6.07) is 13.4. The van der Waals surface area contributed by atoms with Crippen molar-refractivity contribution in [2.24, 2.45) is 0 Å². The number of aryl methyl sites for hydroxylation is 2. The van der Waals surface area contributed by atoms with Gasteiger partial charge in [0.2, 0.25) is 5.91 Å². The van der Waals surface area contributed by atoms with E-state index in [2.05, 4.69) is 31.3 Å². The molecule has 0 spiro atoms. The largest absolute Gasteiger partial charge is 0.331 e. The van der Waals surface area contributed by atoms with Gasteiger partial charge in [-0.2, -0.15) is 0 Å². The average Bonchev–Trinajstić information content (AvgIpc) is 2.67. The number of nitrogens with one attached hydrogen (secondary N) is 2. The molecule has 3 rings (SSSR count). The van der Waals surface area contributed by atoms with Crippen molar-refractivity contribution in [2.75, 3.05) is 38.0 Å². The molecule has 1 aliphatic heterocycles. The van der Waals surface area contributed by atoms with Crippen LogP contribution in [0.2, 0.25) is 5.02 Å². The summed E-state index contributed by atoms with van der Waals surface area (Å²) in [6.45, 7) is 7.42. The molecule has 0 saturated carbocycles. The molecule has 0 unspecified atom stereocenters. The second kappa shape index (κ2) is 9.22. The van der Waals surface area contributed by atoms with Crippen LogP contribution in [-0.4, -0.2) is 49.4 Å². The molecule has 148 valence electrons. The first-order chi connectivity index (χ1) is 13.4. The Bertz CT molecular complexity index is 861. The molecule has 2 aromatic rings. The van der Waals surface area contributed by atoms with Crippen LogP contribution in [0.15, 0.2) is 42.5 Å². The zero-order valence-corrected chi connectivity index (χ0v) is 17.2. The molecular weight excluding hydrogens is 374 g/mol. The maximum Gasteiger partial charge on any atom is 0.279 e. The molecular formula is C22H27ClN3O2+. The molecule has 2 aromatic carbocycles. The molecule has 0 atom stereocenters. The van der Waals surface area contributed by atoms with Gasteiger partial charge >= 0.3 is 0 Å². The third kappa shape index (κ3) is 5.33. The van der Waals surface area contributed by atoms with E-state index in [1.807, 2.05) is 23.1 Å². The summed E-state index contributed by atoms with van der Waals surface area (Å²) in [5.74, 6) is 0.0980. The number of nitrogens with zero attached hydrogens (tertiary/aromatic N) is 1. The molecule has 2 amide bonds. The van der Waals surface area contributed by atoms with Gasteiger partial charge in [-0.15, -0.1) is 0 Å². The number of hydrogen-bond donors (Lipinski definition) is 2. The lowest BCUT2D eigenvalue weighted by molar-refractivity contribution is -0.895. The van der Waals surface area contributed by atoms with Gasteiger partial charge in [-0.05, 0) is 42.7 Å². The first-order valence-electron chi connectivity index (χ1n) is 9.64. The quantitative estimate of drug-likeness (QED) is 0.805. The number of halogens is 1. The van der Waals surface area contributed by atoms with Crippen molar-refractivity contribution in [1.82, 2.24) is 4.90 Å². The molecule has 2 N–H and O–H groups in total. The van der Waals surface area contributed by atoms with E-state index >= 15 is 0 Å². The average molecular weight is 401 g/mol. The van der Waals surface area contributed by atoms with Crippen LogP contribution in [0, 0.1) is 13.8 Å². The van der Waals surface area contributed by atoms with Gasteiger partial charge in [-0.3, -0.25) is 9.59 Å². The van der Waals surface area contributed by atoms with Crippen LogP contribution in [0.4, 0.5) is 5.69 Å². The van der Waals surface area contributed by atoms with E-state index < -0.39 is 0 Å². The Morgan fingerprint density at radius 3 is 2.46 bits per heavy atom. The first-order valence-corrected chi connectivity index (χ1v) is 10.0. The van der Waals surface area contributed by atoms with Crippen molar-refractivity contribution in [1.29, 1.82) is 0 Å². The van der Waals surface area contributed by atoms with E-state index in [1.54, 1.807) is 12.1 Å². The van der Waals surface area contributed by atoms with Crippen LogP contribution in [0.3, 0.4) is 0 Å². The van der Waals surface area contributed by atoms with E-state index in [0.29, 0.717) is 36.8 Å². The molecule has 5 nitrogen and oxygen atoms in total. The van der Waals surface area contributed by atoms with Gasteiger partial charge in [0.05, 0.1) is 43.3 Å². The Kier molecular flexibility index (Phi) is 6.70. The van der Waals surface area contributed by atoms with Crippen molar-refractivity contribution in [3.63, 3.8) is 0 Å². The Balaban J connectivity index is 1.46. The van der Waals surface area contributed by atoms with Gasteiger partial charge in [-0.25, -0.2) is 0 Å². The van der Waals surface area contributed by atoms with Crippen LogP contribution in [0.25, 0.3) is 0 Å². The Labute approximate surface area is 171 Å². The third-order valence-electron chi connectivity index (χ3n) is 5.31. The normalized spacial score (nSPS) is 14.8. The lowest BCUT2D eigenvalue weighted by atomic mass is 10.0. The maximum absolute atomic E-state index is 12.6. The van der Waals surface area contributed by atoms with E-state index in [4.69, 9.17) is 11.6 Å². The van der Waals surface area contributed by atoms with Crippen molar-refractivity contribution in [3.8, 4) is 0 Å². The van der Waals surface area contributed by atoms with Crippen molar-refractivity contribution in [3.05, 3.63) is 64.2 Å². The zero-order valence-electron chi connectivity index (χ0n) is 16.4. The van der Waals surface area contributed by atoms with Crippen molar-refractivity contribution in [2.45, 2.75) is 20.3 Å². The molecule has 0 aliphatic carbocycles. The number of carbonyl (C=O) groups is 2. The van der Waals surface area contributed by atoms with Crippen molar-refractivity contribution < 1.29 is 14.5 Å². The fourth-order valence-corrected chi connectivity index (χ4v) is 3.62. The minimum atomic E-state index is -0.0574. The Hall–Kier alpha value is -2.37. The fraction of sp³-hybridized carbons (Fsp3) is 0.364. The van der Waals surface area contributed by atoms with Crippen LogP contribution in [0.1, 0.15) is 16.7 Å². The van der Waals surface area contributed by atoms with Crippen molar-refractivity contribution >= 4 is 29.1 Å². The molecule has 1 aliphatic rings. The number of para-hydroxylation sites is 1. The predicted molar refractivity (Wildman–Crippen MR) is 112 cm³/mol. The minimum Gasteiger partial charge on any atom is -0.331 e. The summed E-state index contributed by atoms with van der Waals surface area (Å²) >= 11 is 6.08. The number of carbonyl (C=O) groups excluding carboxylic acids is 2. The number of amides is 2. The van der Waals surface area contributed by atoms with E-state index in [1.165, 1.54) is 16.0 Å². The summed E-state index contributed by atoms with van der Waals surface area (Å²) in [5.41, 5.74) is 4.14. The van der Waals surface area contributed by atoms with Gasteiger partial charge in [0, 0.05) is 0 Å². The number of anilines is 1. The summed E-state index contributed by atoms with van der Waals surface area (Å²) in [7, 11) is 0. The highest BCUT2D eigenvalue weighted by molar-refractivity contribution is 6.33. The Morgan fingerprint density at radius 2 is 1.79 bits per heavy atom. The second-order valence-electron chi connectivity index (χ2n) is 7.43. The van der Waals surface area contributed by atoms with Crippen LogP contribution < -0.4 is 10.2 Å². The Morgan fingerprint density at radius 1 is 1.07 bits per heavy atom. The third-order valence-corrected chi connectivity index (χ3v) is 5.64. The first kappa shape index (κ1) is 20.4. The zero-order chi connectivity index (χ0) is 20.1. The minimum absolute atomic E-state index is 0.0574. The van der Waals surface area contributed by atoms with Crippen LogP contribution >= 0.6 is 11.6 Å². The molecule has 1 fully saturated rings. The van der Waals surface area contributed by atoms with Crippen LogP contribution in [-0.2, 0) is 16.0 Å². The molecule has 0 aromatic heterocycles. The maximum atomic E-state index is 12.6. The fourth-order valence-electron chi connectivity index (χ4n) is 3.43. The summed E-state index contributed by atoms with van der Waals surface area (Å²) in [4.78, 5) is 28.0. The SMILES string of the molecule is Cc1ccc(CC(=O)N2CC[NH+](CC(=O)Nc3ccccc3Cl)CC2)cc1C. The van der Waals surface area contributed by atoms with Gasteiger partial charge in [0.1, 0.15) is 0 Å². The number of piperazine rings is 1. The van der Waals surface area contributed by atoms with Gasteiger partial charge < -0.3 is 15.1 Å². The standard InChI is InChI=1S/C22H26ClN3O2/c1-16-7-8-18(13-17(16)2)14-22(28)26-11-9-25(10-12-26)15-21(27)24-20-6-4-3-5-19(20)23/h3-8,13H,9-12,14-15H2,1-2H3,(H,24,27)/p+1. The van der Waals surface area contributed by atoms with E-state index in [9.17, 15) is 9.59 Å². The molecule has 6 heteroatoms. The molecule has 1 saturated heterocycles. The number of rotatable bonds is 5. The second-order valence-corrected chi connectivity index (χ2v) is 7.84. The predicted octanol–water partition coefficient (Wildman–Crippen LogP) is 1.87. The van der Waals surface area contributed by atoms with Gasteiger partial charge in [0.25, 0.3) is 5.91 Å². The molecule has 0 bridgehead atoms. The summed E-state index contributed by atoms with van der Waals surface area (Å²) in [6.07, 6.45) is 0.434. The molecule has 28 heavy (non-hydrogen) atoms. The highest BCUT2D eigenvalue weighted by atomic mass is 35.5. The lowest BCUT2D eigenvalue weighted by Gasteiger charge is -2.32. The number of benzene rings is 2. The number of quaternary nitrogens is 1. The molecule has 0 radical (unpaired) electrons.